The Hall–Kier alpha value is -2.40. The largest absolute Gasteiger partial charge is 0.491 e. The second-order valence-corrected chi connectivity index (χ2v) is 6.60. The van der Waals surface area contributed by atoms with E-state index < -0.39 is 6.67 Å². The van der Waals surface area contributed by atoms with Gasteiger partial charge in [-0.05, 0) is 42.0 Å². The monoisotopic (exact) mass is 342 g/mol. The van der Waals surface area contributed by atoms with E-state index in [1.165, 1.54) is 5.69 Å². The number of nitrogens with zero attached hydrogens (tertiary/aromatic N) is 2. The number of thiazole rings is 1. The number of hydrogen-bond acceptors (Lipinski definition) is 4. The highest BCUT2D eigenvalue weighted by Gasteiger charge is 2.03. The SMILES string of the molecule is CN(C)c1ccc(/C=C/c2nc3ccc(OCCF)cc3s2)cc1. The topological polar surface area (TPSA) is 25.4 Å². The van der Waals surface area contributed by atoms with Crippen LogP contribution >= 0.6 is 11.3 Å². The lowest BCUT2D eigenvalue weighted by atomic mass is 10.2. The van der Waals surface area contributed by atoms with E-state index in [1.54, 1.807) is 11.3 Å². The number of aromatic nitrogens is 1. The molecular weight excluding hydrogens is 323 g/mol. The van der Waals surface area contributed by atoms with Crippen LogP contribution in [0.5, 0.6) is 5.75 Å². The zero-order chi connectivity index (χ0) is 16.9. The molecule has 24 heavy (non-hydrogen) atoms. The molecule has 0 aliphatic carbocycles. The van der Waals surface area contributed by atoms with Crippen molar-refractivity contribution in [3.63, 3.8) is 0 Å². The normalized spacial score (nSPS) is 11.3. The molecule has 3 nitrogen and oxygen atoms in total. The average molecular weight is 342 g/mol. The third-order valence-corrected chi connectivity index (χ3v) is 4.53. The van der Waals surface area contributed by atoms with Gasteiger partial charge in [-0.1, -0.05) is 18.2 Å². The molecular formula is C19H19FN2OS. The molecule has 0 atom stereocenters. The summed E-state index contributed by atoms with van der Waals surface area (Å²) in [5.74, 6) is 0.679. The Labute approximate surface area is 145 Å². The molecule has 1 aromatic heterocycles. The summed E-state index contributed by atoms with van der Waals surface area (Å²) < 4.78 is 18.5. The quantitative estimate of drug-likeness (QED) is 0.638. The second kappa shape index (κ2) is 7.45. The van der Waals surface area contributed by atoms with Crippen molar-refractivity contribution in [1.82, 2.24) is 4.98 Å². The molecule has 0 N–H and O–H groups in total. The molecule has 5 heteroatoms. The molecule has 0 fully saturated rings. The maximum absolute atomic E-state index is 12.2. The lowest BCUT2D eigenvalue weighted by Gasteiger charge is -2.11. The lowest BCUT2D eigenvalue weighted by Crippen LogP contribution is -2.07. The number of anilines is 1. The summed E-state index contributed by atoms with van der Waals surface area (Å²) in [4.78, 5) is 6.66. The number of fused-ring (bicyclic) bond motifs is 1. The molecule has 3 aromatic rings. The van der Waals surface area contributed by atoms with Crippen LogP contribution in [0.3, 0.4) is 0 Å². The van der Waals surface area contributed by atoms with Gasteiger partial charge in [0.05, 0.1) is 10.2 Å². The van der Waals surface area contributed by atoms with Gasteiger partial charge in [0.15, 0.2) is 0 Å². The minimum absolute atomic E-state index is 0.0833. The lowest BCUT2D eigenvalue weighted by molar-refractivity contribution is 0.273. The molecule has 0 aliphatic heterocycles. The summed E-state index contributed by atoms with van der Waals surface area (Å²) in [5.41, 5.74) is 3.23. The van der Waals surface area contributed by atoms with E-state index in [9.17, 15) is 4.39 Å². The number of benzene rings is 2. The minimum atomic E-state index is -0.485. The Bertz CT molecular complexity index is 840. The molecule has 0 spiro atoms. The molecule has 124 valence electrons. The van der Waals surface area contributed by atoms with Crippen LogP contribution in [0.4, 0.5) is 10.1 Å². The highest BCUT2D eigenvalue weighted by Crippen LogP contribution is 2.27. The van der Waals surface area contributed by atoms with Crippen molar-refractivity contribution in [2.75, 3.05) is 32.3 Å². The first-order valence-electron chi connectivity index (χ1n) is 7.70. The van der Waals surface area contributed by atoms with Gasteiger partial charge in [-0.3, -0.25) is 0 Å². The van der Waals surface area contributed by atoms with Gasteiger partial charge in [0.2, 0.25) is 0 Å². The fourth-order valence-corrected chi connectivity index (χ4v) is 3.19. The van der Waals surface area contributed by atoms with Crippen LogP contribution in [0, 0.1) is 0 Å². The Kier molecular flexibility index (Phi) is 5.11. The third-order valence-electron chi connectivity index (χ3n) is 3.55. The maximum atomic E-state index is 12.2. The van der Waals surface area contributed by atoms with Crippen molar-refractivity contribution in [3.8, 4) is 5.75 Å². The van der Waals surface area contributed by atoms with Gasteiger partial charge in [-0.15, -0.1) is 11.3 Å². The van der Waals surface area contributed by atoms with Crippen LogP contribution in [-0.2, 0) is 0 Å². The molecule has 0 radical (unpaired) electrons. The van der Waals surface area contributed by atoms with Crippen LogP contribution in [0.25, 0.3) is 22.4 Å². The number of halogens is 1. The fourth-order valence-electron chi connectivity index (χ4n) is 2.29. The molecule has 0 unspecified atom stereocenters. The number of hydrogen-bond donors (Lipinski definition) is 0. The van der Waals surface area contributed by atoms with Gasteiger partial charge in [-0.2, -0.15) is 0 Å². The van der Waals surface area contributed by atoms with Crippen molar-refractivity contribution in [2.45, 2.75) is 0 Å². The van der Waals surface area contributed by atoms with E-state index in [0.29, 0.717) is 5.75 Å². The minimum Gasteiger partial charge on any atom is -0.491 e. The first kappa shape index (κ1) is 16.5. The zero-order valence-electron chi connectivity index (χ0n) is 13.7. The molecule has 0 bridgehead atoms. The summed E-state index contributed by atoms with van der Waals surface area (Å²) >= 11 is 1.59. The molecule has 0 saturated heterocycles. The van der Waals surface area contributed by atoms with Gasteiger partial charge in [0, 0.05) is 19.8 Å². The maximum Gasteiger partial charge on any atom is 0.123 e. The first-order chi connectivity index (χ1) is 11.7. The smallest absolute Gasteiger partial charge is 0.123 e. The number of rotatable bonds is 6. The van der Waals surface area contributed by atoms with Crippen LogP contribution in [-0.4, -0.2) is 32.4 Å². The van der Waals surface area contributed by atoms with Gasteiger partial charge in [0.1, 0.15) is 24.0 Å². The highest BCUT2D eigenvalue weighted by atomic mass is 32.1. The van der Waals surface area contributed by atoms with Crippen LogP contribution in [0.1, 0.15) is 10.6 Å². The van der Waals surface area contributed by atoms with Crippen molar-refractivity contribution in [2.24, 2.45) is 0 Å². The van der Waals surface area contributed by atoms with Crippen LogP contribution < -0.4 is 9.64 Å². The van der Waals surface area contributed by atoms with Crippen molar-refractivity contribution < 1.29 is 9.13 Å². The van der Waals surface area contributed by atoms with Crippen LogP contribution in [0.15, 0.2) is 42.5 Å². The molecule has 2 aromatic carbocycles. The Morgan fingerprint density at radius 1 is 1.12 bits per heavy atom. The standard InChI is InChI=1S/C19H19FN2OS/c1-22(2)15-6-3-14(4-7-15)5-10-19-21-17-9-8-16(23-12-11-20)13-18(17)24-19/h3-10,13H,11-12H2,1-2H3/b10-5+. The van der Waals surface area contributed by atoms with Gasteiger partial charge in [0.25, 0.3) is 0 Å². The molecule has 0 saturated carbocycles. The summed E-state index contributed by atoms with van der Waals surface area (Å²) in [6.07, 6.45) is 4.06. The van der Waals surface area contributed by atoms with E-state index in [2.05, 4.69) is 40.2 Å². The van der Waals surface area contributed by atoms with Gasteiger partial charge in [-0.25, -0.2) is 9.37 Å². The summed E-state index contributed by atoms with van der Waals surface area (Å²) in [6, 6.07) is 14.0. The Morgan fingerprint density at radius 3 is 2.62 bits per heavy atom. The molecule has 3 rings (SSSR count). The predicted molar refractivity (Wildman–Crippen MR) is 101 cm³/mol. The number of ether oxygens (including phenoxy) is 1. The van der Waals surface area contributed by atoms with E-state index >= 15 is 0 Å². The third kappa shape index (κ3) is 3.92. The summed E-state index contributed by atoms with van der Waals surface area (Å²) in [5, 5.41) is 0.935. The molecule has 0 amide bonds. The molecule has 1 heterocycles. The van der Waals surface area contributed by atoms with Gasteiger partial charge < -0.3 is 9.64 Å². The van der Waals surface area contributed by atoms with Crippen LogP contribution in [0.2, 0.25) is 0 Å². The predicted octanol–water partition coefficient (Wildman–Crippen LogP) is 4.88. The van der Waals surface area contributed by atoms with Crippen molar-refractivity contribution >= 4 is 39.4 Å². The van der Waals surface area contributed by atoms with E-state index in [0.717, 1.165) is 20.8 Å². The van der Waals surface area contributed by atoms with E-state index in [4.69, 9.17) is 4.74 Å². The summed E-state index contributed by atoms with van der Waals surface area (Å²) in [7, 11) is 4.05. The summed E-state index contributed by atoms with van der Waals surface area (Å²) in [6.45, 7) is -0.401. The Balaban J connectivity index is 1.76. The first-order valence-corrected chi connectivity index (χ1v) is 8.52. The zero-order valence-corrected chi connectivity index (χ0v) is 14.5. The van der Waals surface area contributed by atoms with Crippen molar-refractivity contribution in [3.05, 3.63) is 53.0 Å². The Morgan fingerprint density at radius 2 is 1.92 bits per heavy atom. The number of alkyl halides is 1. The average Bonchev–Trinajstić information content (AvgIpc) is 3.00. The van der Waals surface area contributed by atoms with Crippen molar-refractivity contribution in [1.29, 1.82) is 0 Å². The van der Waals surface area contributed by atoms with Gasteiger partial charge >= 0.3 is 0 Å². The molecule has 0 aliphatic rings. The fraction of sp³-hybridized carbons (Fsp3) is 0.211. The second-order valence-electron chi connectivity index (χ2n) is 5.54. The van der Waals surface area contributed by atoms with E-state index in [-0.39, 0.29) is 6.61 Å². The highest BCUT2D eigenvalue weighted by molar-refractivity contribution is 7.19. The van der Waals surface area contributed by atoms with E-state index in [1.807, 2.05) is 38.4 Å².